The fraction of sp³-hybridized carbons (Fsp3) is 0.571. The number of hydrogen-bond acceptors (Lipinski definition) is 3. The lowest BCUT2D eigenvalue weighted by Gasteiger charge is -2.17. The average Bonchev–Trinajstić information content (AvgIpc) is 2.90. The molecule has 3 heteroatoms. The van der Waals surface area contributed by atoms with Crippen molar-refractivity contribution in [2.45, 2.75) is 26.4 Å². The molecule has 3 rings (SSSR count). The van der Waals surface area contributed by atoms with Crippen molar-refractivity contribution in [1.82, 2.24) is 0 Å². The van der Waals surface area contributed by atoms with Gasteiger partial charge >= 0.3 is 0 Å². The summed E-state index contributed by atoms with van der Waals surface area (Å²) in [5.41, 5.74) is 1.31. The molecule has 2 aliphatic rings. The maximum Gasteiger partial charge on any atom is 0.231 e. The van der Waals surface area contributed by atoms with Gasteiger partial charge in [0.2, 0.25) is 6.79 Å². The van der Waals surface area contributed by atoms with Gasteiger partial charge in [-0.3, -0.25) is 0 Å². The topological polar surface area (TPSA) is 27.7 Å². The normalized spacial score (nSPS) is 30.8. The monoisotopic (exact) mass is 234 g/mol. The molecule has 3 atom stereocenters. The summed E-state index contributed by atoms with van der Waals surface area (Å²) in [5, 5.41) is 0. The molecule has 0 aromatic heterocycles. The molecule has 1 aromatic rings. The molecular weight excluding hydrogens is 216 g/mol. The van der Waals surface area contributed by atoms with E-state index in [9.17, 15) is 0 Å². The Labute approximate surface area is 102 Å². The van der Waals surface area contributed by atoms with Crippen LogP contribution in [0.15, 0.2) is 18.2 Å². The van der Waals surface area contributed by atoms with Crippen LogP contribution in [0.25, 0.3) is 0 Å². The average molecular weight is 234 g/mol. The summed E-state index contributed by atoms with van der Waals surface area (Å²) in [7, 11) is 0. The number of benzene rings is 1. The summed E-state index contributed by atoms with van der Waals surface area (Å²) in [6, 6.07) is 6.23. The largest absolute Gasteiger partial charge is 0.454 e. The highest BCUT2D eigenvalue weighted by Gasteiger charge is 2.31. The van der Waals surface area contributed by atoms with Gasteiger partial charge in [-0.25, -0.2) is 0 Å². The van der Waals surface area contributed by atoms with Gasteiger partial charge in [0.05, 0.1) is 6.10 Å². The summed E-state index contributed by atoms with van der Waals surface area (Å²) in [5.74, 6) is 2.98. The van der Waals surface area contributed by atoms with Crippen LogP contribution in [0.2, 0.25) is 0 Å². The molecule has 1 fully saturated rings. The molecule has 1 saturated heterocycles. The molecule has 92 valence electrons. The van der Waals surface area contributed by atoms with Crippen LogP contribution in [0.4, 0.5) is 0 Å². The zero-order valence-electron chi connectivity index (χ0n) is 10.3. The first-order chi connectivity index (χ1) is 8.24. The van der Waals surface area contributed by atoms with E-state index in [0.717, 1.165) is 24.5 Å². The van der Waals surface area contributed by atoms with Crippen LogP contribution >= 0.6 is 0 Å². The van der Waals surface area contributed by atoms with Crippen LogP contribution in [-0.2, 0) is 11.2 Å². The van der Waals surface area contributed by atoms with Gasteiger partial charge in [0.1, 0.15) is 0 Å². The molecule has 2 aliphatic heterocycles. The van der Waals surface area contributed by atoms with E-state index in [1.807, 2.05) is 6.07 Å². The summed E-state index contributed by atoms with van der Waals surface area (Å²) in [4.78, 5) is 0. The third-order valence-electron chi connectivity index (χ3n) is 3.86. The second kappa shape index (κ2) is 4.22. The first kappa shape index (κ1) is 10.9. The Kier molecular flexibility index (Phi) is 2.71. The van der Waals surface area contributed by atoms with Crippen LogP contribution in [-0.4, -0.2) is 19.5 Å². The fourth-order valence-corrected chi connectivity index (χ4v) is 2.72. The van der Waals surface area contributed by atoms with Gasteiger partial charge in [0.15, 0.2) is 11.5 Å². The smallest absolute Gasteiger partial charge is 0.231 e. The van der Waals surface area contributed by atoms with Crippen LogP contribution in [0.1, 0.15) is 19.4 Å². The highest BCUT2D eigenvalue weighted by molar-refractivity contribution is 5.44. The van der Waals surface area contributed by atoms with Crippen molar-refractivity contribution in [3.63, 3.8) is 0 Å². The summed E-state index contributed by atoms with van der Waals surface area (Å²) < 4.78 is 16.4. The van der Waals surface area contributed by atoms with Crippen LogP contribution in [0.3, 0.4) is 0 Å². The van der Waals surface area contributed by atoms with Gasteiger partial charge in [0.25, 0.3) is 0 Å². The lowest BCUT2D eigenvalue weighted by Crippen LogP contribution is -2.18. The van der Waals surface area contributed by atoms with E-state index in [1.54, 1.807) is 0 Å². The maximum atomic E-state index is 5.69. The van der Waals surface area contributed by atoms with Crippen molar-refractivity contribution in [2.24, 2.45) is 11.8 Å². The van der Waals surface area contributed by atoms with Crippen molar-refractivity contribution in [1.29, 1.82) is 0 Å². The number of ether oxygens (including phenoxy) is 3. The minimum absolute atomic E-state index is 0.345. The maximum absolute atomic E-state index is 5.69. The summed E-state index contributed by atoms with van der Waals surface area (Å²) in [6.07, 6.45) is 1.41. The van der Waals surface area contributed by atoms with Crippen molar-refractivity contribution in [2.75, 3.05) is 13.4 Å². The van der Waals surface area contributed by atoms with E-state index in [-0.39, 0.29) is 0 Å². The van der Waals surface area contributed by atoms with E-state index in [0.29, 0.717) is 24.7 Å². The molecule has 0 radical (unpaired) electrons. The van der Waals surface area contributed by atoms with E-state index < -0.39 is 0 Å². The molecule has 1 unspecified atom stereocenters. The lowest BCUT2D eigenvalue weighted by molar-refractivity contribution is 0.105. The van der Waals surface area contributed by atoms with Crippen molar-refractivity contribution in [3.05, 3.63) is 23.8 Å². The number of rotatable bonds is 2. The van der Waals surface area contributed by atoms with Gasteiger partial charge in [-0.2, -0.15) is 0 Å². The summed E-state index contributed by atoms with van der Waals surface area (Å²) >= 11 is 0. The zero-order valence-corrected chi connectivity index (χ0v) is 10.3. The van der Waals surface area contributed by atoms with Gasteiger partial charge in [-0.15, -0.1) is 0 Å². The molecule has 0 spiro atoms. The molecule has 0 amide bonds. The Morgan fingerprint density at radius 3 is 2.76 bits per heavy atom. The molecular formula is C14H18O3. The first-order valence-corrected chi connectivity index (χ1v) is 6.24. The molecule has 1 aromatic carbocycles. The molecule has 3 nitrogen and oxygen atoms in total. The van der Waals surface area contributed by atoms with Crippen molar-refractivity contribution >= 4 is 0 Å². The summed E-state index contributed by atoms with van der Waals surface area (Å²) in [6.45, 7) is 5.66. The van der Waals surface area contributed by atoms with Gasteiger partial charge in [-0.05, 0) is 42.9 Å². The van der Waals surface area contributed by atoms with Crippen LogP contribution < -0.4 is 9.47 Å². The van der Waals surface area contributed by atoms with E-state index in [4.69, 9.17) is 14.2 Å². The Morgan fingerprint density at radius 1 is 1.18 bits per heavy atom. The number of hydrogen-bond donors (Lipinski definition) is 0. The van der Waals surface area contributed by atoms with Crippen LogP contribution in [0, 0.1) is 11.8 Å². The fourth-order valence-electron chi connectivity index (χ4n) is 2.72. The van der Waals surface area contributed by atoms with E-state index in [1.165, 1.54) is 5.56 Å². The van der Waals surface area contributed by atoms with Gasteiger partial charge < -0.3 is 14.2 Å². The van der Waals surface area contributed by atoms with Gasteiger partial charge in [-0.1, -0.05) is 13.0 Å². The van der Waals surface area contributed by atoms with Crippen molar-refractivity contribution in [3.8, 4) is 11.5 Å². The van der Waals surface area contributed by atoms with Crippen molar-refractivity contribution < 1.29 is 14.2 Å². The minimum atomic E-state index is 0.345. The molecule has 0 aliphatic carbocycles. The predicted molar refractivity (Wildman–Crippen MR) is 64.3 cm³/mol. The molecule has 0 N–H and O–H groups in total. The quantitative estimate of drug-likeness (QED) is 0.787. The molecule has 0 bridgehead atoms. The highest BCUT2D eigenvalue weighted by Crippen LogP contribution is 2.35. The lowest BCUT2D eigenvalue weighted by atomic mass is 9.87. The third kappa shape index (κ3) is 2.00. The first-order valence-electron chi connectivity index (χ1n) is 6.24. The SMILES string of the molecule is CC1OC[C@@H](C)[C@H]1Cc1ccc2c(c1)OCO2. The third-order valence-corrected chi connectivity index (χ3v) is 3.86. The molecule has 17 heavy (non-hydrogen) atoms. The standard InChI is InChI=1S/C14H18O3/c1-9-7-15-10(2)12(9)5-11-3-4-13-14(6-11)17-8-16-13/h3-4,6,9-10,12H,5,7-8H2,1-2H3/t9-,10?,12-/m1/s1. The molecule has 0 saturated carbocycles. The second-order valence-corrected chi connectivity index (χ2v) is 5.07. The Balaban J connectivity index is 1.77. The van der Waals surface area contributed by atoms with E-state index >= 15 is 0 Å². The Bertz CT molecular complexity index is 406. The van der Waals surface area contributed by atoms with Crippen LogP contribution in [0.5, 0.6) is 11.5 Å². The minimum Gasteiger partial charge on any atom is -0.454 e. The predicted octanol–water partition coefficient (Wildman–Crippen LogP) is 2.63. The highest BCUT2D eigenvalue weighted by atomic mass is 16.7. The number of fused-ring (bicyclic) bond motifs is 1. The zero-order chi connectivity index (χ0) is 11.8. The Hall–Kier alpha value is -1.22. The second-order valence-electron chi connectivity index (χ2n) is 5.07. The molecule has 2 heterocycles. The Morgan fingerprint density at radius 2 is 2.00 bits per heavy atom. The van der Waals surface area contributed by atoms with Gasteiger partial charge in [0, 0.05) is 6.61 Å². The van der Waals surface area contributed by atoms with E-state index in [2.05, 4.69) is 26.0 Å².